The van der Waals surface area contributed by atoms with Crippen LogP contribution in [0, 0.1) is 66.2 Å². The van der Waals surface area contributed by atoms with Gasteiger partial charge in [0, 0.05) is 74.1 Å². The minimum atomic E-state index is -3.28. The number of aryl methyl sites for hydroxylation is 5. The fourth-order valence-electron chi connectivity index (χ4n) is 13.7. The molecular weight excluding hydrogens is 2180 g/mol. The van der Waals surface area contributed by atoms with Crippen LogP contribution in [0.4, 0.5) is 56.9 Å². The second-order valence-electron chi connectivity index (χ2n) is 31.1. The molecule has 12 N–H and O–H groups in total. The average Bonchev–Trinajstić information content (AvgIpc) is 0.791. The van der Waals surface area contributed by atoms with E-state index >= 15 is 0 Å². The number of carbonyl (C=O) groups excluding carboxylic acids is 8. The molecule has 2 unspecified atom stereocenters. The number of aldehydes is 2. The molecule has 0 aliphatic heterocycles. The van der Waals surface area contributed by atoms with E-state index in [9.17, 15) is 86.7 Å². The molecule has 0 bridgehead atoms. The number of amides is 1. The van der Waals surface area contributed by atoms with Crippen LogP contribution in [0.15, 0.2) is 115 Å². The molecular formula is C98H134Cl7N12O27P5. The number of carbonyl (C=O) groups is 8. The molecule has 1 amide bonds. The van der Waals surface area contributed by atoms with E-state index in [0.717, 1.165) is 16.7 Å². The highest BCUT2D eigenvalue weighted by molar-refractivity contribution is 7.55. The molecule has 51 heteroatoms. The number of nitro benzene ring substituents is 2. The maximum atomic E-state index is 12.8. The zero-order valence-corrected chi connectivity index (χ0v) is 96.5. The summed E-state index contributed by atoms with van der Waals surface area (Å²) in [4.78, 5) is 113. The molecule has 822 valence electrons. The van der Waals surface area contributed by atoms with Gasteiger partial charge in [0.2, 0.25) is 5.91 Å². The summed E-state index contributed by atoms with van der Waals surface area (Å²) < 4.78 is 114. The van der Waals surface area contributed by atoms with E-state index < -0.39 is 65.8 Å². The first-order valence-electron chi connectivity index (χ1n) is 46.5. The Kier molecular flexibility index (Phi) is 63.7. The number of benzene rings is 8. The number of Topliss-reactive ketones (excluding diaryl/α,β-unsaturated/α-hetero) is 5. The van der Waals surface area contributed by atoms with E-state index in [1.807, 2.05) is 26.8 Å². The molecule has 8 aromatic carbocycles. The Labute approximate surface area is 906 Å². The van der Waals surface area contributed by atoms with Crippen molar-refractivity contribution >= 4 is 224 Å². The smallest absolute Gasteiger partial charge is 0.337 e. The number of anilines is 8. The molecule has 0 radical (unpaired) electrons. The van der Waals surface area contributed by atoms with Gasteiger partial charge in [-0.15, -0.1) is 12.4 Å². The number of hydrogen-bond donors (Lipinski definition) is 9. The molecule has 0 aromatic heterocycles. The molecule has 8 aromatic rings. The van der Waals surface area contributed by atoms with Gasteiger partial charge in [0.1, 0.15) is 35.9 Å². The molecule has 0 saturated carbocycles. The fourth-order valence-corrected chi connectivity index (χ4v) is 22.7. The lowest BCUT2D eigenvalue weighted by Gasteiger charge is -2.25. The third-order valence-corrected chi connectivity index (χ3v) is 32.5. The molecule has 0 spiro atoms. The van der Waals surface area contributed by atoms with Crippen LogP contribution in [0.3, 0.4) is 0 Å². The number of nitro groups is 2. The molecule has 149 heavy (non-hydrogen) atoms. The van der Waals surface area contributed by atoms with Crippen molar-refractivity contribution in [1.82, 2.24) is 0 Å². The molecule has 0 aliphatic carbocycles. The number of rotatable bonds is 53. The maximum absolute atomic E-state index is 12.8. The number of nitriles is 1. The van der Waals surface area contributed by atoms with Crippen LogP contribution in [0.1, 0.15) is 217 Å². The highest BCUT2D eigenvalue weighted by atomic mass is 35.5. The van der Waals surface area contributed by atoms with Gasteiger partial charge in [-0.25, -0.2) is 0 Å². The Bertz CT molecular complexity index is 6080. The van der Waals surface area contributed by atoms with Gasteiger partial charge in [-0.05, 0) is 233 Å². The normalized spacial score (nSPS) is 11.4. The maximum Gasteiger partial charge on any atom is 0.337 e. The molecule has 39 nitrogen and oxygen atoms in total. The zero-order chi connectivity index (χ0) is 112. The van der Waals surface area contributed by atoms with Crippen LogP contribution in [0.2, 0.25) is 30.1 Å². The quantitative estimate of drug-likeness (QED) is 0.00427. The summed E-state index contributed by atoms with van der Waals surface area (Å²) in [6, 6.07) is 31.5. The second-order valence-corrected chi connectivity index (χ2v) is 44.4. The van der Waals surface area contributed by atoms with Crippen LogP contribution < -0.4 is 49.1 Å². The van der Waals surface area contributed by atoms with Crippen molar-refractivity contribution in [1.29, 1.82) is 5.26 Å². The molecule has 0 aliphatic rings. The SMILES string of the molecule is CC(=O)c1ccc(C)c(N)c1[N+](=O)[O-].CCOP(=O)(CC=O)OCC.CCOP(=O)(CCNc1c(C)ccc(C(C)=O)c1N)OCC.CCOP(=O)(CCNc1c(C)ccc(C(C)=O)c1NC(C#N)c1c(Cl)cccc1Cl)OCC.CCOP(=O)(CCNc1c(C)ccc(C(C)=O)c1NC(C(N)=O)c1c(Cl)cccc1Cl)OCC.CCOP(=O)(CCNc1c(C)ccc(C(C)=O)c1[N+](=O)[O-])OCC.Cl.O=Cc1c(Cl)cccc1Cl. The predicted molar refractivity (Wildman–Crippen MR) is 596 cm³/mol. The van der Waals surface area contributed by atoms with Crippen LogP contribution >= 0.6 is 120 Å². The number of halogens is 7. The summed E-state index contributed by atoms with van der Waals surface area (Å²) >= 11 is 36.5. The number of nitrogen functional groups attached to an aromatic ring is 2. The van der Waals surface area contributed by atoms with Crippen molar-refractivity contribution in [3.8, 4) is 6.07 Å². The number of primary amides is 1. The van der Waals surface area contributed by atoms with Crippen LogP contribution in [0.25, 0.3) is 0 Å². The Morgan fingerprint density at radius 2 is 0.644 bits per heavy atom. The van der Waals surface area contributed by atoms with E-state index in [4.69, 9.17) is 132 Å². The lowest BCUT2D eigenvalue weighted by molar-refractivity contribution is -0.384. The Morgan fingerprint density at radius 3 is 0.940 bits per heavy atom. The summed E-state index contributed by atoms with van der Waals surface area (Å²) in [6.07, 6.45) is 1.57. The average molecular weight is 2320 g/mol. The van der Waals surface area contributed by atoms with Crippen molar-refractivity contribution in [3.05, 3.63) is 238 Å². The number of nitrogens with zero attached hydrogens (tertiary/aromatic N) is 3. The third kappa shape index (κ3) is 44.2. The minimum Gasteiger partial charge on any atom is -0.396 e. The first-order valence-corrected chi connectivity index (χ1v) is 57.4. The minimum absolute atomic E-state index is 0. The summed E-state index contributed by atoms with van der Waals surface area (Å²) in [5.41, 5.74) is 26.2. The van der Waals surface area contributed by atoms with E-state index in [2.05, 4.69) is 38.0 Å². The Hall–Kier alpha value is -9.61. The van der Waals surface area contributed by atoms with Crippen LogP contribution in [-0.4, -0.2) is 180 Å². The molecule has 2 atom stereocenters. The standard InChI is InChI=1S/C23H30Cl2N3O5P.C23H28Cl2N3O4P.C15H23N2O6P.C15H25N2O4P.C9H10N2O3.C7H4Cl2O.C6H13O4P.ClH/c1-5-32-34(31,33-6-2)13-12-27-20-14(3)10-11-16(15(4)29)21(20)28-22(23(26)30)19-17(24)8-7-9-18(19)25;1-5-31-33(30,32-6-2)13-12-27-22-15(3)10-11-17(16(4)29)23(22)28-20(14-26)21-18(24)8-7-9-19(21)25;1-5-22-24(21,23-6-2)10-9-16-14-11(3)7-8-13(12(4)18)15(14)17(19)20;1-5-20-22(19,21-6-2)10-9-17-15-11(3)7-8-13(12(4)18)14(15)16;1-5-3-4-7(6(2)12)9(8(5)10)11(13)14;8-6-2-1-3-7(9)5(6)4-10;1-3-9-11(8,6-5-7)10-4-2;/h7-11,22,27-28H,5-6,12-13H2,1-4H3,(H2,26,30);7-11,20,27-28H,5-6,12-13H2,1-4H3;7-8,16H,5-6,9-10H2,1-4H3;7-8,17H,5-6,9-10,16H2,1-4H3;3-4H,10H2,1-2H3;1-4H;5H,3-4,6H2,1-2H3;1H. The first kappa shape index (κ1) is 137. The van der Waals surface area contributed by atoms with Crippen molar-refractivity contribution in [2.75, 3.05) is 166 Å². The highest BCUT2D eigenvalue weighted by Gasteiger charge is 2.34. The lowest BCUT2D eigenvalue weighted by atomic mass is 10.0. The van der Waals surface area contributed by atoms with Gasteiger partial charge in [0.15, 0.2) is 35.2 Å². The molecule has 0 fully saturated rings. The third-order valence-electron chi connectivity index (χ3n) is 20.4. The van der Waals surface area contributed by atoms with Gasteiger partial charge in [0.25, 0.3) is 0 Å². The van der Waals surface area contributed by atoms with Gasteiger partial charge in [-0.2, -0.15) is 5.26 Å². The summed E-state index contributed by atoms with van der Waals surface area (Å²) in [5.74, 6) is -1.98. The van der Waals surface area contributed by atoms with Crippen molar-refractivity contribution < 1.29 is 116 Å². The fraction of sp³-hybridized carbons (Fsp3) is 0.418. The molecule has 0 saturated heterocycles. The van der Waals surface area contributed by atoms with Crippen LogP contribution in [0.5, 0.6) is 0 Å². The predicted octanol–water partition coefficient (Wildman–Crippen LogP) is 26.3. The van der Waals surface area contributed by atoms with E-state index in [0.29, 0.717) is 144 Å². The number of nitrogens with two attached hydrogens (primary N) is 3. The second kappa shape index (κ2) is 69.1. The summed E-state index contributed by atoms with van der Waals surface area (Å²) in [6.45, 7) is 37.0. The molecule has 0 heterocycles. The van der Waals surface area contributed by atoms with E-state index in [1.165, 1.54) is 46.8 Å². The number of hydrogen-bond acceptors (Lipinski definition) is 36. The van der Waals surface area contributed by atoms with Gasteiger partial charge in [-0.1, -0.05) is 118 Å². The largest absolute Gasteiger partial charge is 0.396 e. The van der Waals surface area contributed by atoms with Crippen molar-refractivity contribution in [2.24, 2.45) is 5.73 Å². The van der Waals surface area contributed by atoms with Gasteiger partial charge in [-0.3, -0.25) is 76.6 Å². The van der Waals surface area contributed by atoms with Gasteiger partial charge < -0.3 is 99.1 Å². The van der Waals surface area contributed by atoms with Gasteiger partial charge in [0.05, 0.1) is 167 Å². The topological polar surface area (TPSA) is 575 Å². The monoisotopic (exact) mass is 2310 g/mol. The highest BCUT2D eigenvalue weighted by Crippen LogP contribution is 2.53. The Morgan fingerprint density at radius 1 is 0.376 bits per heavy atom. The summed E-state index contributed by atoms with van der Waals surface area (Å²) in [7, 11) is -15.9. The van der Waals surface area contributed by atoms with E-state index in [1.54, 1.807) is 180 Å². The van der Waals surface area contributed by atoms with Crippen LogP contribution in [-0.2, 0) is 77.7 Å². The lowest BCUT2D eigenvalue weighted by Crippen LogP contribution is -2.29. The Balaban J connectivity index is 0.000000902. The number of nitrogens with one attached hydrogen (secondary N) is 6. The van der Waals surface area contributed by atoms with E-state index in [-0.39, 0.29) is 175 Å². The zero-order valence-electron chi connectivity index (χ0n) is 86.7. The summed E-state index contributed by atoms with van der Waals surface area (Å²) in [5, 5.41) is 52.6. The van der Waals surface area contributed by atoms with Crippen molar-refractivity contribution in [3.63, 3.8) is 0 Å². The van der Waals surface area contributed by atoms with Crippen molar-refractivity contribution in [2.45, 2.75) is 151 Å². The van der Waals surface area contributed by atoms with Gasteiger partial charge >= 0.3 is 49.4 Å². The first-order chi connectivity index (χ1) is 69.7. The number of ketones is 5. The molecule has 8 rings (SSSR count).